The van der Waals surface area contributed by atoms with E-state index in [1.807, 2.05) is 0 Å². The number of carbonyl (C=O) groups excluding carboxylic acids is 1. The minimum absolute atomic E-state index is 0.0254. The Morgan fingerprint density at radius 3 is 2.89 bits per heavy atom. The van der Waals surface area contributed by atoms with E-state index >= 15 is 0 Å². The van der Waals surface area contributed by atoms with Crippen LogP contribution in [0.3, 0.4) is 0 Å². The Bertz CT molecular complexity index is 556. The van der Waals surface area contributed by atoms with E-state index in [1.165, 1.54) is 6.26 Å². The summed E-state index contributed by atoms with van der Waals surface area (Å²) in [5.41, 5.74) is 0.146. The number of Topliss-reactive ketones (excluding diaryl/α,β-unsaturated/α-hetero) is 1. The van der Waals surface area contributed by atoms with E-state index < -0.39 is 5.97 Å². The van der Waals surface area contributed by atoms with Crippen molar-refractivity contribution in [2.75, 3.05) is 0 Å². The molecule has 0 aliphatic heterocycles. The van der Waals surface area contributed by atoms with Crippen molar-refractivity contribution in [1.29, 1.82) is 0 Å². The molecular formula is C15H18O4. The molecule has 1 N–H and O–H groups in total. The number of furan rings is 1. The highest BCUT2D eigenvalue weighted by Crippen LogP contribution is 2.53. The third-order valence-electron chi connectivity index (χ3n) is 5.28. The monoisotopic (exact) mass is 262 g/mol. The molecule has 1 fully saturated rings. The van der Waals surface area contributed by atoms with E-state index in [1.54, 1.807) is 0 Å². The molecule has 0 saturated heterocycles. The number of hydrogen-bond acceptors (Lipinski definition) is 3. The molecular weight excluding hydrogens is 244 g/mol. The lowest BCUT2D eigenvalue weighted by Gasteiger charge is -2.47. The molecule has 1 aromatic rings. The molecule has 0 radical (unpaired) electrons. The highest BCUT2D eigenvalue weighted by Gasteiger charge is 2.52. The molecule has 4 nitrogen and oxygen atoms in total. The zero-order valence-electron chi connectivity index (χ0n) is 11.2. The molecule has 0 aromatic carbocycles. The summed E-state index contributed by atoms with van der Waals surface area (Å²) in [5, 5.41) is 9.18. The predicted octanol–water partition coefficient (Wildman–Crippen LogP) is 3.26. The van der Waals surface area contributed by atoms with E-state index in [0.717, 1.165) is 19.3 Å². The van der Waals surface area contributed by atoms with Gasteiger partial charge in [0.1, 0.15) is 17.6 Å². The first-order valence-corrected chi connectivity index (χ1v) is 6.84. The van der Waals surface area contributed by atoms with E-state index in [9.17, 15) is 14.7 Å². The Morgan fingerprint density at radius 2 is 2.21 bits per heavy atom. The van der Waals surface area contributed by atoms with E-state index in [-0.39, 0.29) is 22.7 Å². The number of carbonyl (C=O) groups is 2. The second-order valence-electron chi connectivity index (χ2n) is 6.10. The SMILES string of the molecule is C[C@H]1CCC[C@@H]2CC(=O)c3c(C(=O)O)coc3[C@@]21C. The summed E-state index contributed by atoms with van der Waals surface area (Å²) in [6.07, 6.45) is 4.95. The first kappa shape index (κ1) is 12.5. The smallest absolute Gasteiger partial charge is 0.339 e. The van der Waals surface area contributed by atoms with Crippen molar-refractivity contribution in [2.24, 2.45) is 11.8 Å². The van der Waals surface area contributed by atoms with Crippen LogP contribution in [0.15, 0.2) is 10.7 Å². The molecule has 3 rings (SSSR count). The maximum atomic E-state index is 12.3. The molecule has 0 bridgehead atoms. The van der Waals surface area contributed by atoms with Gasteiger partial charge in [0.05, 0.1) is 5.56 Å². The van der Waals surface area contributed by atoms with Gasteiger partial charge >= 0.3 is 5.97 Å². The number of carboxylic acids is 1. The Balaban J connectivity index is 2.20. The number of rotatable bonds is 1. The van der Waals surface area contributed by atoms with Crippen LogP contribution in [0.5, 0.6) is 0 Å². The van der Waals surface area contributed by atoms with Crippen LogP contribution in [0.4, 0.5) is 0 Å². The Kier molecular flexibility index (Phi) is 2.59. The predicted molar refractivity (Wildman–Crippen MR) is 68.5 cm³/mol. The summed E-state index contributed by atoms with van der Waals surface area (Å²) in [6.45, 7) is 4.30. The fraction of sp³-hybridized carbons (Fsp3) is 0.600. The Labute approximate surface area is 111 Å². The van der Waals surface area contributed by atoms with Gasteiger partial charge in [-0.1, -0.05) is 20.3 Å². The average Bonchev–Trinajstić information content (AvgIpc) is 2.79. The zero-order valence-corrected chi connectivity index (χ0v) is 11.2. The topological polar surface area (TPSA) is 67.5 Å². The number of carboxylic acid groups (broad SMARTS) is 1. The fourth-order valence-electron chi connectivity index (χ4n) is 3.91. The molecule has 2 aliphatic rings. The zero-order chi connectivity index (χ0) is 13.8. The summed E-state index contributed by atoms with van der Waals surface area (Å²) in [4.78, 5) is 23.5. The van der Waals surface area contributed by atoms with Crippen LogP contribution >= 0.6 is 0 Å². The van der Waals surface area contributed by atoms with Crippen LogP contribution in [-0.4, -0.2) is 16.9 Å². The third kappa shape index (κ3) is 1.52. The fourth-order valence-corrected chi connectivity index (χ4v) is 3.91. The number of ketones is 1. The van der Waals surface area contributed by atoms with Crippen LogP contribution < -0.4 is 0 Å². The molecule has 0 amide bonds. The normalized spacial score (nSPS) is 33.7. The van der Waals surface area contributed by atoms with Crippen LogP contribution in [0.2, 0.25) is 0 Å². The third-order valence-corrected chi connectivity index (χ3v) is 5.28. The van der Waals surface area contributed by atoms with Gasteiger partial charge in [0, 0.05) is 11.8 Å². The van der Waals surface area contributed by atoms with Crippen molar-refractivity contribution in [3.8, 4) is 0 Å². The number of hydrogen-bond donors (Lipinski definition) is 1. The summed E-state index contributed by atoms with van der Waals surface area (Å²) in [5.74, 6) is 0.148. The average molecular weight is 262 g/mol. The molecule has 1 heterocycles. The molecule has 19 heavy (non-hydrogen) atoms. The first-order valence-electron chi connectivity index (χ1n) is 6.84. The minimum Gasteiger partial charge on any atom is -0.478 e. The summed E-state index contributed by atoms with van der Waals surface area (Å²) >= 11 is 0. The maximum absolute atomic E-state index is 12.3. The van der Waals surface area contributed by atoms with E-state index in [2.05, 4.69) is 13.8 Å². The Hall–Kier alpha value is -1.58. The van der Waals surface area contributed by atoms with E-state index in [4.69, 9.17) is 4.42 Å². The first-order chi connectivity index (χ1) is 8.96. The van der Waals surface area contributed by atoms with Gasteiger partial charge in [-0.2, -0.15) is 0 Å². The molecule has 0 spiro atoms. The van der Waals surface area contributed by atoms with Gasteiger partial charge in [-0.25, -0.2) is 4.79 Å². The molecule has 1 saturated carbocycles. The summed E-state index contributed by atoms with van der Waals surface area (Å²) in [7, 11) is 0. The van der Waals surface area contributed by atoms with Gasteiger partial charge < -0.3 is 9.52 Å². The second-order valence-corrected chi connectivity index (χ2v) is 6.10. The lowest BCUT2D eigenvalue weighted by atomic mass is 9.56. The Morgan fingerprint density at radius 1 is 1.47 bits per heavy atom. The molecule has 1 aromatic heterocycles. The van der Waals surface area contributed by atoms with Gasteiger partial charge in [-0.05, 0) is 24.7 Å². The van der Waals surface area contributed by atoms with Crippen molar-refractivity contribution in [3.05, 3.63) is 23.2 Å². The molecule has 3 atom stereocenters. The van der Waals surface area contributed by atoms with Crippen LogP contribution in [0, 0.1) is 11.8 Å². The molecule has 0 unspecified atom stereocenters. The van der Waals surface area contributed by atoms with Gasteiger partial charge in [-0.3, -0.25) is 4.79 Å². The van der Waals surface area contributed by atoms with Crippen LogP contribution in [0.25, 0.3) is 0 Å². The minimum atomic E-state index is -1.08. The quantitative estimate of drug-likeness (QED) is 0.843. The van der Waals surface area contributed by atoms with Crippen molar-refractivity contribution >= 4 is 11.8 Å². The highest BCUT2D eigenvalue weighted by atomic mass is 16.4. The van der Waals surface area contributed by atoms with Crippen LogP contribution in [0.1, 0.15) is 66.0 Å². The summed E-state index contributed by atoms with van der Waals surface area (Å²) < 4.78 is 5.56. The van der Waals surface area contributed by atoms with Gasteiger partial charge in [0.2, 0.25) is 0 Å². The second kappa shape index (κ2) is 3.95. The molecule has 4 heteroatoms. The van der Waals surface area contributed by atoms with Crippen molar-refractivity contribution in [2.45, 2.75) is 44.9 Å². The highest BCUT2D eigenvalue weighted by molar-refractivity contribution is 6.07. The van der Waals surface area contributed by atoms with E-state index in [0.29, 0.717) is 23.7 Å². The molecule has 102 valence electrons. The van der Waals surface area contributed by atoms with Crippen molar-refractivity contribution in [1.82, 2.24) is 0 Å². The lowest BCUT2D eigenvalue weighted by molar-refractivity contribution is 0.0651. The molecule has 2 aliphatic carbocycles. The number of aromatic carboxylic acids is 1. The summed E-state index contributed by atoms with van der Waals surface area (Å²) in [6, 6.07) is 0. The van der Waals surface area contributed by atoms with Crippen molar-refractivity contribution < 1.29 is 19.1 Å². The largest absolute Gasteiger partial charge is 0.478 e. The lowest BCUT2D eigenvalue weighted by Crippen LogP contribution is -2.46. The van der Waals surface area contributed by atoms with Gasteiger partial charge in [0.15, 0.2) is 5.78 Å². The van der Waals surface area contributed by atoms with Gasteiger partial charge in [-0.15, -0.1) is 0 Å². The maximum Gasteiger partial charge on any atom is 0.339 e. The number of fused-ring (bicyclic) bond motifs is 3. The van der Waals surface area contributed by atoms with Gasteiger partial charge in [0.25, 0.3) is 0 Å². The van der Waals surface area contributed by atoms with Crippen LogP contribution in [-0.2, 0) is 5.41 Å². The van der Waals surface area contributed by atoms with Crippen molar-refractivity contribution in [3.63, 3.8) is 0 Å². The standard InChI is InChI=1S/C15H18O4/c1-8-4-3-5-9-6-11(16)12-10(14(17)18)7-19-13(12)15(8,9)2/h7-9H,3-6H2,1-2H3,(H,17,18)/t8-,9+,15+/m0/s1.